The third-order valence-corrected chi connectivity index (χ3v) is 4.36. The van der Waals surface area contributed by atoms with Gasteiger partial charge in [0.05, 0.1) is 5.56 Å². The molecule has 5 heteroatoms. The highest BCUT2D eigenvalue weighted by Crippen LogP contribution is 2.29. The average molecular weight is 333 g/mol. The molecule has 1 aromatic carbocycles. The zero-order valence-electron chi connectivity index (χ0n) is 9.83. The second kappa shape index (κ2) is 5.93. The smallest absolute Gasteiger partial charge is 0.255 e. The molecule has 18 heavy (non-hydrogen) atoms. The zero-order valence-corrected chi connectivity index (χ0v) is 12.2. The molecule has 1 saturated carbocycles. The molecule has 0 saturated heterocycles. The molecule has 0 bridgehead atoms. The second-order valence-electron chi connectivity index (χ2n) is 4.58. The maximum absolute atomic E-state index is 11.9. The number of hydrogen-bond donors (Lipinski definition) is 2. The van der Waals surface area contributed by atoms with Crippen LogP contribution in [0.4, 0.5) is 0 Å². The summed E-state index contributed by atoms with van der Waals surface area (Å²) in [6, 6.07) is 4.80. The molecule has 3 nitrogen and oxygen atoms in total. The van der Waals surface area contributed by atoms with E-state index in [4.69, 9.17) is 11.6 Å². The van der Waals surface area contributed by atoms with E-state index >= 15 is 0 Å². The Morgan fingerprint density at radius 1 is 1.50 bits per heavy atom. The molecule has 0 aliphatic heterocycles. The van der Waals surface area contributed by atoms with Gasteiger partial charge in [-0.05, 0) is 37.0 Å². The molecule has 1 aromatic rings. The number of rotatable bonds is 3. The van der Waals surface area contributed by atoms with Gasteiger partial charge in [0.15, 0.2) is 0 Å². The monoisotopic (exact) mass is 331 g/mol. The van der Waals surface area contributed by atoms with Crippen LogP contribution >= 0.6 is 27.5 Å². The van der Waals surface area contributed by atoms with E-state index in [9.17, 15) is 9.90 Å². The predicted octanol–water partition coefficient (Wildman–Crippen LogP) is 3.29. The van der Waals surface area contributed by atoms with Crippen LogP contribution in [0, 0.1) is 5.92 Å². The second-order valence-corrected chi connectivity index (χ2v) is 6.05. The summed E-state index contributed by atoms with van der Waals surface area (Å²) >= 11 is 9.44. The van der Waals surface area contributed by atoms with Crippen LogP contribution in [0.3, 0.4) is 0 Å². The number of alkyl halides is 1. The van der Waals surface area contributed by atoms with Crippen molar-refractivity contribution in [2.75, 3.05) is 6.54 Å². The number of amides is 1. The van der Waals surface area contributed by atoms with Crippen LogP contribution in [0.15, 0.2) is 22.7 Å². The summed E-state index contributed by atoms with van der Waals surface area (Å²) < 4.78 is 0.765. The third-order valence-electron chi connectivity index (χ3n) is 3.29. The van der Waals surface area contributed by atoms with E-state index in [2.05, 4.69) is 21.2 Å². The molecule has 0 heterocycles. The van der Waals surface area contributed by atoms with Gasteiger partial charge in [-0.15, -0.1) is 11.6 Å². The first-order valence-corrected chi connectivity index (χ1v) is 7.21. The maximum atomic E-state index is 11.9. The normalized spacial score (nSPS) is 23.0. The minimum atomic E-state index is -0.260. The molecule has 0 aromatic heterocycles. The van der Waals surface area contributed by atoms with E-state index < -0.39 is 0 Å². The Balaban J connectivity index is 1.97. The van der Waals surface area contributed by atoms with Crippen molar-refractivity contribution in [3.63, 3.8) is 0 Å². The maximum Gasteiger partial charge on any atom is 0.255 e. The lowest BCUT2D eigenvalue weighted by Gasteiger charge is -2.14. The SMILES string of the molecule is O=C(NCC1CCCC1Cl)c1cc(Br)ccc1O. The molecule has 1 amide bonds. The van der Waals surface area contributed by atoms with Crippen LogP contribution < -0.4 is 5.32 Å². The molecule has 0 radical (unpaired) electrons. The van der Waals surface area contributed by atoms with Crippen LogP contribution in [0.2, 0.25) is 0 Å². The topological polar surface area (TPSA) is 49.3 Å². The van der Waals surface area contributed by atoms with Crippen molar-refractivity contribution in [3.8, 4) is 5.75 Å². The van der Waals surface area contributed by atoms with E-state index in [-0.39, 0.29) is 22.6 Å². The molecule has 1 fully saturated rings. The Bertz CT molecular complexity index is 453. The van der Waals surface area contributed by atoms with Crippen molar-refractivity contribution in [2.45, 2.75) is 24.6 Å². The number of benzene rings is 1. The Morgan fingerprint density at radius 3 is 2.94 bits per heavy atom. The number of phenolic OH excluding ortho intramolecular Hbond substituents is 1. The summed E-state index contributed by atoms with van der Waals surface area (Å²) in [6.45, 7) is 0.568. The fourth-order valence-electron chi connectivity index (χ4n) is 2.23. The molecule has 1 aliphatic rings. The van der Waals surface area contributed by atoms with Gasteiger partial charge in [-0.2, -0.15) is 0 Å². The summed E-state index contributed by atoms with van der Waals surface area (Å²) in [5.41, 5.74) is 0.286. The van der Waals surface area contributed by atoms with Gasteiger partial charge in [-0.25, -0.2) is 0 Å². The number of phenols is 1. The van der Waals surface area contributed by atoms with Crippen LogP contribution in [0.1, 0.15) is 29.6 Å². The number of aromatic hydroxyl groups is 1. The van der Waals surface area contributed by atoms with E-state index in [1.165, 1.54) is 6.07 Å². The molecular formula is C13H15BrClNO2. The van der Waals surface area contributed by atoms with Gasteiger partial charge in [0.25, 0.3) is 5.91 Å². The molecule has 2 N–H and O–H groups in total. The molecule has 2 rings (SSSR count). The highest BCUT2D eigenvalue weighted by atomic mass is 79.9. The Labute approximate surface area is 120 Å². The van der Waals surface area contributed by atoms with Gasteiger partial charge in [0.1, 0.15) is 5.75 Å². The van der Waals surface area contributed by atoms with Crippen LogP contribution in [0.25, 0.3) is 0 Å². The molecule has 2 unspecified atom stereocenters. The Hall–Kier alpha value is -0.740. The summed E-state index contributed by atoms with van der Waals surface area (Å²) in [5, 5.41) is 12.6. The van der Waals surface area contributed by atoms with Crippen LogP contribution in [0.5, 0.6) is 5.75 Å². The van der Waals surface area contributed by atoms with Crippen molar-refractivity contribution in [1.29, 1.82) is 0 Å². The fourth-order valence-corrected chi connectivity index (χ4v) is 2.96. The first-order chi connectivity index (χ1) is 8.58. The zero-order chi connectivity index (χ0) is 13.1. The third kappa shape index (κ3) is 3.18. The van der Waals surface area contributed by atoms with Crippen molar-refractivity contribution in [2.24, 2.45) is 5.92 Å². The molecule has 1 aliphatic carbocycles. The summed E-state index contributed by atoms with van der Waals surface area (Å²) in [4.78, 5) is 11.9. The van der Waals surface area contributed by atoms with E-state index in [1.807, 2.05) is 0 Å². The summed E-state index contributed by atoms with van der Waals surface area (Å²) in [6.07, 6.45) is 3.19. The summed E-state index contributed by atoms with van der Waals surface area (Å²) in [7, 11) is 0. The van der Waals surface area contributed by atoms with Gasteiger partial charge < -0.3 is 10.4 Å². The minimum Gasteiger partial charge on any atom is -0.507 e. The Morgan fingerprint density at radius 2 is 2.28 bits per heavy atom. The molecule has 0 spiro atoms. The molecule has 98 valence electrons. The lowest BCUT2D eigenvalue weighted by atomic mass is 10.1. The highest BCUT2D eigenvalue weighted by Gasteiger charge is 2.25. The lowest BCUT2D eigenvalue weighted by Crippen LogP contribution is -2.31. The van der Waals surface area contributed by atoms with Gasteiger partial charge in [0.2, 0.25) is 0 Å². The van der Waals surface area contributed by atoms with Crippen molar-refractivity contribution in [3.05, 3.63) is 28.2 Å². The number of carbonyl (C=O) groups is 1. The van der Waals surface area contributed by atoms with Gasteiger partial charge in [-0.3, -0.25) is 4.79 Å². The molecular weight excluding hydrogens is 318 g/mol. The van der Waals surface area contributed by atoms with Crippen LogP contribution in [-0.2, 0) is 0 Å². The first-order valence-electron chi connectivity index (χ1n) is 5.98. The lowest BCUT2D eigenvalue weighted by molar-refractivity contribution is 0.0945. The number of hydrogen-bond acceptors (Lipinski definition) is 2. The summed E-state index contributed by atoms with van der Waals surface area (Å²) in [5.74, 6) is 0.0685. The fraction of sp³-hybridized carbons (Fsp3) is 0.462. The standard InChI is InChI=1S/C13H15BrClNO2/c14-9-4-5-12(17)10(6-9)13(18)16-7-8-2-1-3-11(8)15/h4-6,8,11,17H,1-3,7H2,(H,16,18). The average Bonchev–Trinajstić information content (AvgIpc) is 2.75. The predicted molar refractivity (Wildman–Crippen MR) is 75.1 cm³/mol. The quantitative estimate of drug-likeness (QED) is 0.835. The first kappa shape index (κ1) is 13.7. The Kier molecular flexibility index (Phi) is 4.51. The molecule has 2 atom stereocenters. The van der Waals surface area contributed by atoms with E-state index in [0.717, 1.165) is 23.7 Å². The van der Waals surface area contributed by atoms with E-state index in [0.29, 0.717) is 12.5 Å². The largest absolute Gasteiger partial charge is 0.507 e. The van der Waals surface area contributed by atoms with Crippen molar-refractivity contribution in [1.82, 2.24) is 5.32 Å². The highest BCUT2D eigenvalue weighted by molar-refractivity contribution is 9.10. The van der Waals surface area contributed by atoms with Crippen molar-refractivity contribution < 1.29 is 9.90 Å². The van der Waals surface area contributed by atoms with Crippen LogP contribution in [-0.4, -0.2) is 22.9 Å². The van der Waals surface area contributed by atoms with Gasteiger partial charge >= 0.3 is 0 Å². The van der Waals surface area contributed by atoms with E-state index in [1.54, 1.807) is 12.1 Å². The van der Waals surface area contributed by atoms with Gasteiger partial charge in [-0.1, -0.05) is 22.4 Å². The number of carbonyl (C=O) groups excluding carboxylic acids is 1. The minimum absolute atomic E-state index is 0.00968. The number of halogens is 2. The van der Waals surface area contributed by atoms with Crippen molar-refractivity contribution >= 4 is 33.4 Å². The number of nitrogens with one attached hydrogen (secondary N) is 1. The van der Waals surface area contributed by atoms with Gasteiger partial charge in [0, 0.05) is 16.4 Å².